The molecule has 0 saturated carbocycles. The minimum Gasteiger partial charge on any atom is -0.467 e. The number of nitrogens with one attached hydrogen (secondary N) is 1. The third-order valence-corrected chi connectivity index (χ3v) is 3.10. The lowest BCUT2D eigenvalue weighted by Gasteiger charge is -2.12. The number of rotatable bonds is 4. The SMILES string of the molecule is C[C@H](NC(=O)Cn1c(=O)c(C#N)cn(C)c1=O)c1ccco1. The number of hydrogen-bond donors (Lipinski definition) is 1. The highest BCUT2D eigenvalue weighted by Gasteiger charge is 2.16. The Hall–Kier alpha value is -3.08. The van der Waals surface area contributed by atoms with Crippen LogP contribution in [0, 0.1) is 11.3 Å². The number of amides is 1. The maximum absolute atomic E-state index is 12.0. The standard InChI is InChI=1S/C14H14N4O4/c1-9(11-4-3-5-22-11)16-12(19)8-18-13(20)10(6-15)7-17(2)14(18)21/h3-5,7,9H,8H2,1-2H3,(H,16,19)/t9-/m0/s1. The molecular formula is C14H14N4O4. The van der Waals surface area contributed by atoms with Crippen molar-refractivity contribution in [2.45, 2.75) is 19.5 Å². The van der Waals surface area contributed by atoms with Crippen LogP contribution >= 0.6 is 0 Å². The predicted molar refractivity (Wildman–Crippen MR) is 75.9 cm³/mol. The fourth-order valence-corrected chi connectivity index (χ4v) is 1.98. The van der Waals surface area contributed by atoms with Gasteiger partial charge in [-0.25, -0.2) is 9.36 Å². The monoisotopic (exact) mass is 302 g/mol. The van der Waals surface area contributed by atoms with Gasteiger partial charge in [-0.15, -0.1) is 0 Å². The Kier molecular flexibility index (Phi) is 4.27. The minimum atomic E-state index is -0.786. The van der Waals surface area contributed by atoms with Gasteiger partial charge in [-0.3, -0.25) is 9.59 Å². The number of furan rings is 1. The van der Waals surface area contributed by atoms with Crippen LogP contribution in [0.15, 0.2) is 38.6 Å². The van der Waals surface area contributed by atoms with Crippen LogP contribution in [0.25, 0.3) is 0 Å². The molecule has 114 valence electrons. The quantitative estimate of drug-likeness (QED) is 0.847. The van der Waals surface area contributed by atoms with E-state index in [0.29, 0.717) is 5.76 Å². The molecule has 0 bridgehead atoms. The van der Waals surface area contributed by atoms with E-state index in [-0.39, 0.29) is 5.56 Å². The van der Waals surface area contributed by atoms with E-state index < -0.39 is 29.7 Å². The highest BCUT2D eigenvalue weighted by atomic mass is 16.3. The molecule has 2 aromatic rings. The second kappa shape index (κ2) is 6.13. The molecule has 0 aliphatic heterocycles. The lowest BCUT2D eigenvalue weighted by molar-refractivity contribution is -0.122. The average molecular weight is 302 g/mol. The molecule has 8 heteroatoms. The summed E-state index contributed by atoms with van der Waals surface area (Å²) in [5.41, 5.74) is -1.65. The lowest BCUT2D eigenvalue weighted by atomic mass is 10.2. The van der Waals surface area contributed by atoms with E-state index in [4.69, 9.17) is 9.68 Å². The molecule has 0 radical (unpaired) electrons. The van der Waals surface area contributed by atoms with E-state index in [9.17, 15) is 14.4 Å². The summed E-state index contributed by atoms with van der Waals surface area (Å²) >= 11 is 0. The van der Waals surface area contributed by atoms with Crippen LogP contribution in [0.2, 0.25) is 0 Å². The number of nitriles is 1. The van der Waals surface area contributed by atoms with Crippen molar-refractivity contribution in [2.75, 3.05) is 0 Å². The van der Waals surface area contributed by atoms with Gasteiger partial charge in [0.25, 0.3) is 5.56 Å². The van der Waals surface area contributed by atoms with Gasteiger partial charge in [0.2, 0.25) is 5.91 Å². The second-order valence-electron chi connectivity index (χ2n) is 4.74. The van der Waals surface area contributed by atoms with Crippen molar-refractivity contribution in [3.05, 3.63) is 56.8 Å². The molecule has 1 atom stereocenters. The van der Waals surface area contributed by atoms with E-state index in [2.05, 4.69) is 5.32 Å². The Morgan fingerprint density at radius 2 is 2.23 bits per heavy atom. The smallest absolute Gasteiger partial charge is 0.331 e. The van der Waals surface area contributed by atoms with E-state index >= 15 is 0 Å². The number of nitrogens with zero attached hydrogens (tertiary/aromatic N) is 3. The summed E-state index contributed by atoms with van der Waals surface area (Å²) < 4.78 is 6.97. The molecule has 1 amide bonds. The molecule has 1 N–H and O–H groups in total. The first kappa shape index (κ1) is 15.3. The fourth-order valence-electron chi connectivity index (χ4n) is 1.98. The van der Waals surface area contributed by atoms with Gasteiger partial charge in [0.05, 0.1) is 12.3 Å². The number of carbonyl (C=O) groups excluding carboxylic acids is 1. The maximum atomic E-state index is 12.0. The largest absolute Gasteiger partial charge is 0.467 e. The number of carbonyl (C=O) groups is 1. The van der Waals surface area contributed by atoms with Gasteiger partial charge in [-0.05, 0) is 19.1 Å². The highest BCUT2D eigenvalue weighted by molar-refractivity contribution is 5.76. The van der Waals surface area contributed by atoms with Crippen molar-refractivity contribution in [1.29, 1.82) is 5.26 Å². The molecule has 0 aliphatic rings. The average Bonchev–Trinajstić information content (AvgIpc) is 3.01. The van der Waals surface area contributed by atoms with Crippen molar-refractivity contribution in [1.82, 2.24) is 14.5 Å². The molecule has 2 aromatic heterocycles. The molecule has 0 fully saturated rings. The van der Waals surface area contributed by atoms with Crippen molar-refractivity contribution >= 4 is 5.91 Å². The highest BCUT2D eigenvalue weighted by Crippen LogP contribution is 2.11. The first-order valence-electron chi connectivity index (χ1n) is 6.47. The van der Waals surface area contributed by atoms with Crippen molar-refractivity contribution in [2.24, 2.45) is 7.05 Å². The summed E-state index contributed by atoms with van der Waals surface area (Å²) in [6.45, 7) is 1.25. The van der Waals surface area contributed by atoms with E-state index in [1.807, 2.05) is 0 Å². The Morgan fingerprint density at radius 1 is 1.50 bits per heavy atom. The molecule has 2 heterocycles. The van der Waals surface area contributed by atoms with Gasteiger partial charge < -0.3 is 14.3 Å². The van der Waals surface area contributed by atoms with Crippen LogP contribution in [-0.4, -0.2) is 15.0 Å². The number of hydrogen-bond acceptors (Lipinski definition) is 5. The van der Waals surface area contributed by atoms with Crippen LogP contribution in [-0.2, 0) is 18.4 Å². The van der Waals surface area contributed by atoms with Gasteiger partial charge in [0.15, 0.2) is 0 Å². The second-order valence-corrected chi connectivity index (χ2v) is 4.74. The number of aryl methyl sites for hydroxylation is 1. The number of aromatic nitrogens is 2. The molecule has 2 rings (SSSR count). The zero-order chi connectivity index (χ0) is 16.3. The van der Waals surface area contributed by atoms with Gasteiger partial charge in [0, 0.05) is 13.2 Å². The third kappa shape index (κ3) is 2.98. The molecule has 0 aromatic carbocycles. The predicted octanol–water partition coefficient (Wildman–Crippen LogP) is -0.111. The van der Waals surface area contributed by atoms with Crippen LogP contribution in [0.4, 0.5) is 0 Å². The molecule has 0 aliphatic carbocycles. The molecule has 0 saturated heterocycles. The Labute approximate surface area is 125 Å². The van der Waals surface area contributed by atoms with Crippen molar-refractivity contribution < 1.29 is 9.21 Å². The van der Waals surface area contributed by atoms with Crippen LogP contribution in [0.3, 0.4) is 0 Å². The Balaban J connectivity index is 2.23. The minimum absolute atomic E-state index is 0.200. The maximum Gasteiger partial charge on any atom is 0.331 e. The zero-order valence-electron chi connectivity index (χ0n) is 12.1. The van der Waals surface area contributed by atoms with Crippen molar-refractivity contribution in [3.8, 4) is 6.07 Å². The normalized spacial score (nSPS) is 11.7. The van der Waals surface area contributed by atoms with E-state index in [0.717, 1.165) is 15.3 Å². The van der Waals surface area contributed by atoms with E-state index in [1.54, 1.807) is 25.1 Å². The summed E-state index contributed by atoms with van der Waals surface area (Å²) in [4.78, 5) is 35.9. The topological polar surface area (TPSA) is 110 Å². The Morgan fingerprint density at radius 3 is 2.82 bits per heavy atom. The van der Waals surface area contributed by atoms with Gasteiger partial charge >= 0.3 is 5.69 Å². The molecule has 8 nitrogen and oxygen atoms in total. The zero-order valence-corrected chi connectivity index (χ0v) is 12.1. The van der Waals surface area contributed by atoms with E-state index in [1.165, 1.54) is 13.3 Å². The summed E-state index contributed by atoms with van der Waals surface area (Å²) in [6.07, 6.45) is 2.62. The van der Waals surface area contributed by atoms with Crippen LogP contribution < -0.4 is 16.6 Å². The molecule has 22 heavy (non-hydrogen) atoms. The first-order valence-corrected chi connectivity index (χ1v) is 6.47. The lowest BCUT2D eigenvalue weighted by Crippen LogP contribution is -2.44. The first-order chi connectivity index (χ1) is 10.4. The van der Waals surface area contributed by atoms with Crippen LogP contribution in [0.1, 0.15) is 24.3 Å². The Bertz CT molecular complexity index is 839. The summed E-state index contributed by atoms with van der Waals surface area (Å²) in [6, 6.07) is 4.69. The molecular weight excluding hydrogens is 288 g/mol. The van der Waals surface area contributed by atoms with Gasteiger partial charge in [0.1, 0.15) is 23.9 Å². The third-order valence-electron chi connectivity index (χ3n) is 3.10. The summed E-state index contributed by atoms with van der Waals surface area (Å²) in [5.74, 6) is 0.0255. The van der Waals surface area contributed by atoms with Crippen LogP contribution in [0.5, 0.6) is 0 Å². The molecule has 0 unspecified atom stereocenters. The fraction of sp³-hybridized carbons (Fsp3) is 0.286. The molecule has 0 spiro atoms. The summed E-state index contributed by atoms with van der Waals surface area (Å²) in [5, 5.41) is 11.5. The van der Waals surface area contributed by atoms with Crippen molar-refractivity contribution in [3.63, 3.8) is 0 Å². The van der Waals surface area contributed by atoms with Gasteiger partial charge in [-0.1, -0.05) is 0 Å². The summed E-state index contributed by atoms with van der Waals surface area (Å²) in [7, 11) is 1.41. The van der Waals surface area contributed by atoms with Gasteiger partial charge in [-0.2, -0.15) is 5.26 Å².